The fourth-order valence-electron chi connectivity index (χ4n) is 4.27. The largest absolute Gasteiger partial charge is 0.493 e. The maximum absolute atomic E-state index is 6.19. The van der Waals surface area contributed by atoms with Gasteiger partial charge in [0.15, 0.2) is 0 Å². The van der Waals surface area contributed by atoms with Crippen molar-refractivity contribution in [2.45, 2.75) is 110 Å². The third kappa shape index (κ3) is 12.2. The van der Waals surface area contributed by atoms with Crippen LogP contribution in [0.25, 0.3) is 0 Å². The van der Waals surface area contributed by atoms with E-state index in [4.69, 9.17) is 9.47 Å². The average Bonchev–Trinajstić information content (AvgIpc) is 2.84. The Labute approximate surface area is 204 Å². The molecule has 0 spiro atoms. The van der Waals surface area contributed by atoms with Gasteiger partial charge in [0, 0.05) is 6.42 Å². The summed E-state index contributed by atoms with van der Waals surface area (Å²) in [6.07, 6.45) is 19.1. The number of hydrogen-bond acceptors (Lipinski definition) is 2. The van der Waals surface area contributed by atoms with Gasteiger partial charge >= 0.3 is 0 Å². The summed E-state index contributed by atoms with van der Waals surface area (Å²) in [6.45, 7) is 6.15. The van der Waals surface area contributed by atoms with Crippen molar-refractivity contribution in [2.75, 3.05) is 13.2 Å². The van der Waals surface area contributed by atoms with E-state index in [1.165, 1.54) is 88.2 Å². The summed E-state index contributed by atoms with van der Waals surface area (Å²) in [7, 11) is 0. The number of ether oxygens (including phenoxy) is 2. The molecule has 0 saturated carbocycles. The second kappa shape index (κ2) is 18.5. The smallest absolute Gasteiger partial charge is 0.122 e. The van der Waals surface area contributed by atoms with Crippen molar-refractivity contribution >= 4 is 0 Å². The molecule has 0 heterocycles. The van der Waals surface area contributed by atoms with Gasteiger partial charge in [0.2, 0.25) is 0 Å². The zero-order valence-corrected chi connectivity index (χ0v) is 21.5. The summed E-state index contributed by atoms with van der Waals surface area (Å²) in [4.78, 5) is 0. The maximum atomic E-state index is 6.19. The summed E-state index contributed by atoms with van der Waals surface area (Å²) >= 11 is 0. The minimum Gasteiger partial charge on any atom is -0.493 e. The van der Waals surface area contributed by atoms with E-state index in [1.807, 2.05) is 0 Å². The van der Waals surface area contributed by atoms with Crippen LogP contribution in [0.4, 0.5) is 0 Å². The molecule has 2 heteroatoms. The van der Waals surface area contributed by atoms with Crippen LogP contribution in [0.2, 0.25) is 0 Å². The molecule has 2 aromatic rings. The van der Waals surface area contributed by atoms with Gasteiger partial charge in [-0.25, -0.2) is 0 Å². The Morgan fingerprint density at radius 3 is 1.24 bits per heavy atom. The van der Waals surface area contributed by atoms with Gasteiger partial charge in [-0.15, -0.1) is 0 Å². The third-order valence-electron chi connectivity index (χ3n) is 6.34. The predicted molar refractivity (Wildman–Crippen MR) is 143 cm³/mol. The van der Waals surface area contributed by atoms with Crippen LogP contribution in [0.3, 0.4) is 0 Å². The summed E-state index contributed by atoms with van der Waals surface area (Å²) in [5.41, 5.74) is 2.49. The Kier molecular flexibility index (Phi) is 15.3. The van der Waals surface area contributed by atoms with E-state index in [2.05, 4.69) is 62.4 Å². The monoisotopic (exact) mass is 452 g/mol. The first-order chi connectivity index (χ1) is 16.3. The number of para-hydroxylation sites is 2. The molecule has 0 fully saturated rings. The first-order valence-corrected chi connectivity index (χ1v) is 13.8. The zero-order chi connectivity index (χ0) is 23.4. The first kappa shape index (κ1) is 27.3. The summed E-state index contributed by atoms with van der Waals surface area (Å²) < 4.78 is 12.4. The van der Waals surface area contributed by atoms with Crippen LogP contribution < -0.4 is 9.47 Å². The van der Waals surface area contributed by atoms with Crippen molar-refractivity contribution in [3.8, 4) is 11.5 Å². The first-order valence-electron chi connectivity index (χ1n) is 13.8. The van der Waals surface area contributed by atoms with E-state index in [0.717, 1.165) is 44.0 Å². The highest BCUT2D eigenvalue weighted by molar-refractivity contribution is 5.42. The second-order valence-electron chi connectivity index (χ2n) is 9.33. The Morgan fingerprint density at radius 1 is 0.455 bits per heavy atom. The predicted octanol–water partition coefficient (Wildman–Crippen LogP) is 9.54. The molecule has 184 valence electrons. The summed E-state index contributed by atoms with van der Waals surface area (Å²) in [5, 5.41) is 0. The molecule has 0 bridgehead atoms. The minimum absolute atomic E-state index is 0.807. The number of unbranched alkanes of at least 4 members (excludes halogenated alkanes) is 12. The molecule has 2 nitrogen and oxygen atoms in total. The van der Waals surface area contributed by atoms with E-state index in [-0.39, 0.29) is 0 Å². The SMILES string of the molecule is CCCCCCCCCOc1ccccc1Cc1ccccc1OCCCCCCCCC. The molecule has 2 aromatic carbocycles. The lowest BCUT2D eigenvalue weighted by molar-refractivity contribution is 0.298. The number of benzene rings is 2. The molecule has 0 saturated heterocycles. The van der Waals surface area contributed by atoms with E-state index in [0.29, 0.717) is 0 Å². The second-order valence-corrected chi connectivity index (χ2v) is 9.33. The molecule has 0 atom stereocenters. The fraction of sp³-hybridized carbons (Fsp3) is 0.613. The van der Waals surface area contributed by atoms with Gasteiger partial charge < -0.3 is 9.47 Å². The molecular formula is C31H48O2. The molecular weight excluding hydrogens is 404 g/mol. The summed E-state index contributed by atoms with van der Waals surface area (Å²) in [6, 6.07) is 17.0. The Balaban J connectivity index is 1.76. The van der Waals surface area contributed by atoms with E-state index >= 15 is 0 Å². The maximum Gasteiger partial charge on any atom is 0.122 e. The highest BCUT2D eigenvalue weighted by Crippen LogP contribution is 2.27. The third-order valence-corrected chi connectivity index (χ3v) is 6.34. The Hall–Kier alpha value is -1.96. The van der Waals surface area contributed by atoms with E-state index < -0.39 is 0 Å². The Bertz CT molecular complexity index is 663. The van der Waals surface area contributed by atoms with Gasteiger partial charge in [0.1, 0.15) is 11.5 Å². The van der Waals surface area contributed by atoms with Crippen molar-refractivity contribution < 1.29 is 9.47 Å². The minimum atomic E-state index is 0.807. The normalized spacial score (nSPS) is 11.0. The quantitative estimate of drug-likeness (QED) is 0.186. The van der Waals surface area contributed by atoms with E-state index in [1.54, 1.807) is 0 Å². The van der Waals surface area contributed by atoms with Crippen molar-refractivity contribution in [3.63, 3.8) is 0 Å². The van der Waals surface area contributed by atoms with E-state index in [9.17, 15) is 0 Å². The lowest BCUT2D eigenvalue weighted by Crippen LogP contribution is -2.03. The van der Waals surface area contributed by atoms with Gasteiger partial charge in [-0.1, -0.05) is 127 Å². The van der Waals surface area contributed by atoms with Crippen molar-refractivity contribution in [2.24, 2.45) is 0 Å². The molecule has 0 amide bonds. The molecule has 2 rings (SSSR count). The van der Waals surface area contributed by atoms with Crippen LogP contribution in [0.1, 0.15) is 115 Å². The number of rotatable bonds is 20. The van der Waals surface area contributed by atoms with Gasteiger partial charge in [0.05, 0.1) is 13.2 Å². The van der Waals surface area contributed by atoms with Crippen LogP contribution >= 0.6 is 0 Å². The molecule has 33 heavy (non-hydrogen) atoms. The van der Waals surface area contributed by atoms with Crippen LogP contribution in [-0.4, -0.2) is 13.2 Å². The van der Waals surface area contributed by atoms with Gasteiger partial charge in [-0.3, -0.25) is 0 Å². The van der Waals surface area contributed by atoms with Gasteiger partial charge in [-0.05, 0) is 36.1 Å². The topological polar surface area (TPSA) is 18.5 Å². The summed E-state index contributed by atoms with van der Waals surface area (Å²) in [5.74, 6) is 2.04. The van der Waals surface area contributed by atoms with Crippen LogP contribution in [0, 0.1) is 0 Å². The van der Waals surface area contributed by atoms with Crippen LogP contribution in [0.15, 0.2) is 48.5 Å². The molecule has 0 radical (unpaired) electrons. The van der Waals surface area contributed by atoms with Crippen molar-refractivity contribution in [3.05, 3.63) is 59.7 Å². The van der Waals surface area contributed by atoms with Gasteiger partial charge in [0.25, 0.3) is 0 Å². The molecule has 0 aliphatic heterocycles. The average molecular weight is 453 g/mol. The Morgan fingerprint density at radius 2 is 0.818 bits per heavy atom. The zero-order valence-electron chi connectivity index (χ0n) is 21.5. The number of hydrogen-bond donors (Lipinski definition) is 0. The van der Waals surface area contributed by atoms with Crippen LogP contribution in [-0.2, 0) is 6.42 Å². The fourth-order valence-corrected chi connectivity index (χ4v) is 4.27. The lowest BCUT2D eigenvalue weighted by atomic mass is 10.0. The highest BCUT2D eigenvalue weighted by atomic mass is 16.5. The van der Waals surface area contributed by atoms with Crippen LogP contribution in [0.5, 0.6) is 11.5 Å². The molecule has 0 N–H and O–H groups in total. The highest BCUT2D eigenvalue weighted by Gasteiger charge is 2.09. The van der Waals surface area contributed by atoms with Crippen molar-refractivity contribution in [1.29, 1.82) is 0 Å². The molecule has 0 aliphatic rings. The standard InChI is InChI=1S/C31H48O2/c1-3-5-7-9-11-13-19-25-32-30-23-17-15-21-28(30)27-29-22-16-18-24-31(29)33-26-20-14-12-10-8-6-4-2/h15-18,21-24H,3-14,19-20,25-27H2,1-2H3. The van der Waals surface area contributed by atoms with Crippen molar-refractivity contribution in [1.82, 2.24) is 0 Å². The molecule has 0 aliphatic carbocycles. The lowest BCUT2D eigenvalue weighted by Gasteiger charge is -2.14. The molecule has 0 unspecified atom stereocenters. The van der Waals surface area contributed by atoms with Gasteiger partial charge in [-0.2, -0.15) is 0 Å². The molecule has 0 aromatic heterocycles.